The SMILES string of the molecule is CN=C(NC)/C(=N/OC)c1ccccc1CO/N=C(\C)c1ccc(Cl)cc1. The van der Waals surface area contributed by atoms with Crippen molar-refractivity contribution in [3.05, 3.63) is 70.2 Å². The number of hydrogen-bond acceptors (Lipinski definition) is 5. The topological polar surface area (TPSA) is 67.6 Å². The number of amidine groups is 1. The number of oxime groups is 2. The molecule has 0 unspecified atom stereocenters. The average molecular weight is 387 g/mol. The van der Waals surface area contributed by atoms with Crippen LogP contribution in [-0.2, 0) is 16.3 Å². The van der Waals surface area contributed by atoms with Crippen LogP contribution < -0.4 is 5.32 Å². The molecule has 7 heteroatoms. The van der Waals surface area contributed by atoms with Gasteiger partial charge in [0.05, 0.1) is 5.71 Å². The van der Waals surface area contributed by atoms with Crippen molar-refractivity contribution in [1.29, 1.82) is 0 Å². The number of benzene rings is 2. The minimum absolute atomic E-state index is 0.282. The van der Waals surface area contributed by atoms with Crippen molar-refractivity contribution < 1.29 is 9.68 Å². The second kappa shape index (κ2) is 10.3. The summed E-state index contributed by atoms with van der Waals surface area (Å²) in [4.78, 5) is 14.8. The lowest BCUT2D eigenvalue weighted by Crippen LogP contribution is -2.29. The molecule has 0 aromatic heterocycles. The van der Waals surface area contributed by atoms with E-state index >= 15 is 0 Å². The highest BCUT2D eigenvalue weighted by Crippen LogP contribution is 2.14. The van der Waals surface area contributed by atoms with Gasteiger partial charge >= 0.3 is 0 Å². The summed E-state index contributed by atoms with van der Waals surface area (Å²) >= 11 is 5.92. The largest absolute Gasteiger partial charge is 0.399 e. The highest BCUT2D eigenvalue weighted by atomic mass is 35.5. The Kier molecular flexibility index (Phi) is 7.82. The van der Waals surface area contributed by atoms with Crippen molar-refractivity contribution in [2.24, 2.45) is 15.3 Å². The summed E-state index contributed by atoms with van der Waals surface area (Å²) in [6.45, 7) is 2.17. The smallest absolute Gasteiger partial charge is 0.152 e. The van der Waals surface area contributed by atoms with E-state index in [-0.39, 0.29) is 6.61 Å². The molecule has 27 heavy (non-hydrogen) atoms. The lowest BCUT2D eigenvalue weighted by molar-refractivity contribution is 0.130. The fourth-order valence-electron chi connectivity index (χ4n) is 2.47. The first-order valence-electron chi connectivity index (χ1n) is 8.37. The van der Waals surface area contributed by atoms with Crippen molar-refractivity contribution in [2.45, 2.75) is 13.5 Å². The predicted molar refractivity (Wildman–Crippen MR) is 111 cm³/mol. The van der Waals surface area contributed by atoms with Crippen molar-refractivity contribution in [2.75, 3.05) is 21.2 Å². The van der Waals surface area contributed by atoms with Gasteiger partial charge in [-0.3, -0.25) is 4.99 Å². The zero-order chi connectivity index (χ0) is 19.6. The van der Waals surface area contributed by atoms with E-state index < -0.39 is 0 Å². The van der Waals surface area contributed by atoms with Crippen LogP contribution in [-0.4, -0.2) is 38.5 Å². The standard InChI is InChI=1S/C20H23ClN4O2/c1-14(15-9-11-17(21)12-10-15)24-27-13-16-7-5-6-8-18(16)19(25-26-4)20(22-2)23-3/h5-12H,13H2,1-4H3,(H,22,23)/b24-14+,25-19+. The predicted octanol–water partition coefficient (Wildman–Crippen LogP) is 3.88. The second-order valence-electron chi connectivity index (χ2n) is 5.56. The summed E-state index contributed by atoms with van der Waals surface area (Å²) in [7, 11) is 4.98. The van der Waals surface area contributed by atoms with Gasteiger partial charge in [0.1, 0.15) is 13.7 Å². The van der Waals surface area contributed by atoms with E-state index in [1.165, 1.54) is 7.11 Å². The number of hydrogen-bond donors (Lipinski definition) is 1. The highest BCUT2D eigenvalue weighted by Gasteiger charge is 2.15. The van der Waals surface area contributed by atoms with Crippen LogP contribution in [0.3, 0.4) is 0 Å². The molecule has 0 spiro atoms. The Bertz CT molecular complexity index is 845. The van der Waals surface area contributed by atoms with Crippen molar-refractivity contribution >= 4 is 28.9 Å². The number of nitrogens with zero attached hydrogens (tertiary/aromatic N) is 3. The first-order chi connectivity index (χ1) is 13.1. The summed E-state index contributed by atoms with van der Waals surface area (Å²) in [5.74, 6) is 0.616. The quantitative estimate of drug-likeness (QED) is 0.446. The van der Waals surface area contributed by atoms with Crippen molar-refractivity contribution in [3.8, 4) is 0 Å². The molecule has 0 aliphatic rings. The molecule has 2 rings (SSSR count). The Morgan fingerprint density at radius 1 is 1.07 bits per heavy atom. The van der Waals surface area contributed by atoms with E-state index in [4.69, 9.17) is 21.3 Å². The third-order valence-electron chi connectivity index (χ3n) is 3.82. The molecule has 6 nitrogen and oxygen atoms in total. The van der Waals surface area contributed by atoms with E-state index in [0.717, 1.165) is 22.4 Å². The number of nitrogens with one attached hydrogen (secondary N) is 1. The molecule has 0 atom stereocenters. The van der Waals surface area contributed by atoms with E-state index in [9.17, 15) is 0 Å². The van der Waals surface area contributed by atoms with Crippen LogP contribution in [0.5, 0.6) is 0 Å². The Labute approximate surface area is 164 Å². The van der Waals surface area contributed by atoms with Crippen LogP contribution in [0.2, 0.25) is 5.02 Å². The van der Waals surface area contributed by atoms with Gasteiger partial charge in [0.2, 0.25) is 0 Å². The number of rotatable bonds is 7. The molecular formula is C20H23ClN4O2. The molecule has 0 radical (unpaired) electrons. The van der Waals surface area contributed by atoms with Crippen molar-refractivity contribution in [3.63, 3.8) is 0 Å². The first-order valence-corrected chi connectivity index (χ1v) is 8.75. The molecule has 2 aromatic carbocycles. The molecule has 142 valence electrons. The molecule has 0 fully saturated rings. The Balaban J connectivity index is 2.21. The van der Waals surface area contributed by atoms with E-state index in [2.05, 4.69) is 20.6 Å². The van der Waals surface area contributed by atoms with E-state index in [1.54, 1.807) is 14.1 Å². The minimum Gasteiger partial charge on any atom is -0.399 e. The van der Waals surface area contributed by atoms with Gasteiger partial charge in [-0.25, -0.2) is 0 Å². The molecule has 0 heterocycles. The summed E-state index contributed by atoms with van der Waals surface area (Å²) in [5, 5.41) is 12.0. The third-order valence-corrected chi connectivity index (χ3v) is 4.08. The van der Waals surface area contributed by atoms with Crippen LogP contribution in [0, 0.1) is 0 Å². The summed E-state index contributed by atoms with van der Waals surface area (Å²) in [5.41, 5.74) is 4.08. The summed E-state index contributed by atoms with van der Waals surface area (Å²) < 4.78 is 0. The maximum Gasteiger partial charge on any atom is 0.152 e. The van der Waals surface area contributed by atoms with Crippen LogP contribution in [0.4, 0.5) is 0 Å². The van der Waals surface area contributed by atoms with Crippen molar-refractivity contribution in [1.82, 2.24) is 5.32 Å². The third kappa shape index (κ3) is 5.56. The van der Waals surface area contributed by atoms with Crippen LogP contribution in [0.1, 0.15) is 23.6 Å². The van der Waals surface area contributed by atoms with Crippen LogP contribution >= 0.6 is 11.6 Å². The maximum absolute atomic E-state index is 5.92. The lowest BCUT2D eigenvalue weighted by atomic mass is 10.0. The van der Waals surface area contributed by atoms with Crippen LogP contribution in [0.15, 0.2) is 63.8 Å². The fraction of sp³-hybridized carbons (Fsp3) is 0.250. The highest BCUT2D eigenvalue weighted by molar-refractivity contribution is 6.47. The Morgan fingerprint density at radius 2 is 1.78 bits per heavy atom. The average Bonchev–Trinajstić information content (AvgIpc) is 2.69. The zero-order valence-electron chi connectivity index (χ0n) is 15.9. The van der Waals surface area contributed by atoms with E-state index in [0.29, 0.717) is 16.6 Å². The number of aliphatic imine (C=N–C) groups is 1. The normalized spacial score (nSPS) is 12.7. The van der Waals surface area contributed by atoms with Gasteiger partial charge in [-0.15, -0.1) is 0 Å². The van der Waals surface area contributed by atoms with Gasteiger partial charge in [-0.1, -0.05) is 58.3 Å². The second-order valence-corrected chi connectivity index (χ2v) is 6.00. The zero-order valence-corrected chi connectivity index (χ0v) is 16.6. The molecule has 0 aliphatic heterocycles. The van der Waals surface area contributed by atoms with E-state index in [1.807, 2.05) is 55.5 Å². The number of likely N-dealkylation sites (N-methyl/N-ethyl adjacent to an activating group) is 1. The first kappa shape index (κ1) is 20.5. The van der Waals surface area contributed by atoms with Gasteiger partial charge in [0.15, 0.2) is 11.5 Å². The van der Waals surface area contributed by atoms with Gasteiger partial charge in [0, 0.05) is 30.2 Å². The Morgan fingerprint density at radius 3 is 2.41 bits per heavy atom. The van der Waals surface area contributed by atoms with Crippen LogP contribution in [0.25, 0.3) is 0 Å². The maximum atomic E-state index is 5.92. The molecule has 0 bridgehead atoms. The molecule has 1 N–H and O–H groups in total. The number of halogens is 1. The van der Waals surface area contributed by atoms with Gasteiger partial charge in [-0.2, -0.15) is 0 Å². The molecule has 2 aromatic rings. The monoisotopic (exact) mass is 386 g/mol. The molecule has 0 amide bonds. The lowest BCUT2D eigenvalue weighted by Gasteiger charge is -2.12. The summed E-state index contributed by atoms with van der Waals surface area (Å²) in [6, 6.07) is 15.2. The minimum atomic E-state index is 0.282. The molecule has 0 aliphatic carbocycles. The van der Waals surface area contributed by atoms with Gasteiger partial charge in [0.25, 0.3) is 0 Å². The molecule has 0 saturated carbocycles. The summed E-state index contributed by atoms with van der Waals surface area (Å²) in [6.07, 6.45) is 0. The van der Waals surface area contributed by atoms with Gasteiger partial charge in [-0.05, 0) is 24.6 Å². The van der Waals surface area contributed by atoms with Gasteiger partial charge < -0.3 is 15.0 Å². The molecular weight excluding hydrogens is 364 g/mol. The fourth-order valence-corrected chi connectivity index (χ4v) is 2.59. The molecule has 0 saturated heterocycles. The Hall–Kier alpha value is -2.86.